The molecule has 1 aromatic heterocycles. The molecule has 1 aliphatic carbocycles. The zero-order valence-corrected chi connectivity index (χ0v) is 14.1. The van der Waals surface area contributed by atoms with Crippen LogP contribution in [0.3, 0.4) is 0 Å². The van der Waals surface area contributed by atoms with E-state index in [4.69, 9.17) is 0 Å². The number of rotatable bonds is 6. The van der Waals surface area contributed by atoms with Crippen molar-refractivity contribution in [2.24, 2.45) is 0 Å². The van der Waals surface area contributed by atoms with Crippen LogP contribution in [0.1, 0.15) is 58.9 Å². The maximum absolute atomic E-state index is 12.5. The van der Waals surface area contributed by atoms with Crippen LogP contribution in [-0.2, 0) is 4.79 Å². The van der Waals surface area contributed by atoms with Crippen LogP contribution in [0.2, 0.25) is 0 Å². The van der Waals surface area contributed by atoms with Crippen molar-refractivity contribution < 1.29 is 4.79 Å². The Bertz CT molecular complexity index is 454. The molecule has 1 heterocycles. The minimum absolute atomic E-state index is 0.229. The fourth-order valence-electron chi connectivity index (χ4n) is 2.93. The average molecular weight is 310 g/mol. The lowest BCUT2D eigenvalue weighted by atomic mass is 9.94. The molecular formula is C15H26N4OS. The average Bonchev–Trinajstić information content (AvgIpc) is 2.95. The van der Waals surface area contributed by atoms with Crippen LogP contribution in [0.4, 0.5) is 0 Å². The molecule has 1 aromatic rings. The number of thioether (sulfide) groups is 1. The molecule has 0 aliphatic heterocycles. The molecule has 5 nitrogen and oxygen atoms in total. The molecule has 0 unspecified atom stereocenters. The highest BCUT2D eigenvalue weighted by molar-refractivity contribution is 7.99. The zero-order valence-electron chi connectivity index (χ0n) is 13.3. The van der Waals surface area contributed by atoms with Gasteiger partial charge in [0, 0.05) is 18.6 Å². The highest BCUT2D eigenvalue weighted by atomic mass is 32.2. The first-order chi connectivity index (χ1) is 10.1. The summed E-state index contributed by atoms with van der Waals surface area (Å²) in [5, 5.41) is 8.89. The summed E-state index contributed by atoms with van der Waals surface area (Å²) >= 11 is 1.50. The second-order valence-corrected chi connectivity index (χ2v) is 6.82. The van der Waals surface area contributed by atoms with E-state index in [-0.39, 0.29) is 5.91 Å². The molecule has 2 rings (SSSR count). The van der Waals surface area contributed by atoms with Gasteiger partial charge in [-0.15, -0.1) is 10.2 Å². The first kappa shape index (κ1) is 16.3. The summed E-state index contributed by atoms with van der Waals surface area (Å²) in [6.45, 7) is 7.07. The first-order valence-corrected chi connectivity index (χ1v) is 8.93. The smallest absolute Gasteiger partial charge is 0.233 e. The number of amides is 1. The maximum Gasteiger partial charge on any atom is 0.233 e. The number of aromatic nitrogens is 3. The van der Waals surface area contributed by atoms with Gasteiger partial charge in [-0.3, -0.25) is 4.79 Å². The van der Waals surface area contributed by atoms with Crippen molar-refractivity contribution >= 4 is 17.7 Å². The Hall–Kier alpha value is -1.04. The number of carbonyl (C=O) groups excluding carboxylic acids is 1. The Balaban J connectivity index is 1.91. The van der Waals surface area contributed by atoms with Gasteiger partial charge in [0.05, 0.1) is 5.75 Å². The SMILES string of the molecule is CCN(C(=O)CSc1nncn1C(C)C)C1CCCCC1. The molecule has 0 aromatic carbocycles. The van der Waals surface area contributed by atoms with E-state index >= 15 is 0 Å². The van der Waals surface area contributed by atoms with Gasteiger partial charge in [-0.1, -0.05) is 31.0 Å². The summed E-state index contributed by atoms with van der Waals surface area (Å²) < 4.78 is 2.01. The van der Waals surface area contributed by atoms with Crippen molar-refractivity contribution in [3.8, 4) is 0 Å². The van der Waals surface area contributed by atoms with E-state index in [9.17, 15) is 4.79 Å². The van der Waals surface area contributed by atoms with Gasteiger partial charge < -0.3 is 9.47 Å². The molecular weight excluding hydrogens is 284 g/mol. The van der Waals surface area contributed by atoms with Gasteiger partial charge in [0.2, 0.25) is 5.91 Å². The van der Waals surface area contributed by atoms with Gasteiger partial charge >= 0.3 is 0 Å². The van der Waals surface area contributed by atoms with E-state index in [0.717, 1.165) is 24.5 Å². The molecule has 0 N–H and O–H groups in total. The summed E-state index contributed by atoms with van der Waals surface area (Å²) in [7, 11) is 0. The number of hydrogen-bond donors (Lipinski definition) is 0. The van der Waals surface area contributed by atoms with Crippen LogP contribution in [0.25, 0.3) is 0 Å². The van der Waals surface area contributed by atoms with Gasteiger partial charge in [0.1, 0.15) is 6.33 Å². The second-order valence-electron chi connectivity index (χ2n) is 5.87. The van der Waals surface area contributed by atoms with Gasteiger partial charge in [-0.25, -0.2) is 0 Å². The largest absolute Gasteiger partial charge is 0.339 e. The van der Waals surface area contributed by atoms with E-state index in [1.165, 1.54) is 31.0 Å². The first-order valence-electron chi connectivity index (χ1n) is 7.95. The molecule has 1 amide bonds. The third-order valence-corrected chi connectivity index (χ3v) is 5.04. The van der Waals surface area contributed by atoms with Crippen molar-refractivity contribution in [2.45, 2.75) is 70.1 Å². The van der Waals surface area contributed by atoms with Crippen molar-refractivity contribution in [1.82, 2.24) is 19.7 Å². The van der Waals surface area contributed by atoms with E-state index < -0.39 is 0 Å². The molecule has 118 valence electrons. The van der Waals surface area contributed by atoms with Crippen LogP contribution in [0, 0.1) is 0 Å². The molecule has 21 heavy (non-hydrogen) atoms. The quantitative estimate of drug-likeness (QED) is 0.758. The van der Waals surface area contributed by atoms with E-state index in [1.807, 2.05) is 4.57 Å². The number of nitrogens with zero attached hydrogens (tertiary/aromatic N) is 4. The van der Waals surface area contributed by atoms with E-state index in [1.54, 1.807) is 6.33 Å². The summed E-state index contributed by atoms with van der Waals surface area (Å²) in [5.41, 5.74) is 0. The maximum atomic E-state index is 12.5. The predicted molar refractivity (Wildman–Crippen MR) is 85.4 cm³/mol. The molecule has 1 aliphatic rings. The summed E-state index contributed by atoms with van der Waals surface area (Å²) in [6.07, 6.45) is 7.87. The standard InChI is InChI=1S/C15H26N4OS/c1-4-18(13-8-6-5-7-9-13)14(20)10-21-15-17-16-11-19(15)12(2)3/h11-13H,4-10H2,1-3H3. The van der Waals surface area contributed by atoms with Crippen LogP contribution in [-0.4, -0.2) is 43.9 Å². The van der Waals surface area contributed by atoms with Gasteiger partial charge in [-0.05, 0) is 33.6 Å². The lowest BCUT2D eigenvalue weighted by Gasteiger charge is -2.33. The van der Waals surface area contributed by atoms with Gasteiger partial charge in [0.15, 0.2) is 5.16 Å². The molecule has 0 bridgehead atoms. The minimum atomic E-state index is 0.229. The minimum Gasteiger partial charge on any atom is -0.339 e. The second kappa shape index (κ2) is 7.82. The molecule has 0 atom stereocenters. The number of hydrogen-bond acceptors (Lipinski definition) is 4. The van der Waals surface area contributed by atoms with Gasteiger partial charge in [-0.2, -0.15) is 0 Å². The Labute approximate surface area is 131 Å². The van der Waals surface area contributed by atoms with Crippen molar-refractivity contribution in [1.29, 1.82) is 0 Å². The Morgan fingerprint density at radius 1 is 1.43 bits per heavy atom. The molecule has 0 saturated heterocycles. The summed E-state index contributed by atoms with van der Waals surface area (Å²) in [4.78, 5) is 14.6. The monoisotopic (exact) mass is 310 g/mol. The fraction of sp³-hybridized carbons (Fsp3) is 0.800. The molecule has 6 heteroatoms. The Kier molecular flexibility index (Phi) is 6.08. The summed E-state index contributed by atoms with van der Waals surface area (Å²) in [6, 6.07) is 0.762. The predicted octanol–water partition coefficient (Wildman–Crippen LogP) is 3.13. The summed E-state index contributed by atoms with van der Waals surface area (Å²) in [5.74, 6) is 0.683. The highest BCUT2D eigenvalue weighted by Crippen LogP contribution is 2.24. The Morgan fingerprint density at radius 3 is 2.76 bits per heavy atom. The van der Waals surface area contributed by atoms with E-state index in [2.05, 4.69) is 35.9 Å². The third-order valence-electron chi connectivity index (χ3n) is 4.10. The highest BCUT2D eigenvalue weighted by Gasteiger charge is 2.24. The number of carbonyl (C=O) groups is 1. The van der Waals surface area contributed by atoms with E-state index in [0.29, 0.717) is 17.8 Å². The third kappa shape index (κ3) is 4.22. The molecule has 1 saturated carbocycles. The molecule has 0 spiro atoms. The topological polar surface area (TPSA) is 51.0 Å². The lowest BCUT2D eigenvalue weighted by Crippen LogP contribution is -2.42. The Morgan fingerprint density at radius 2 is 2.14 bits per heavy atom. The zero-order chi connectivity index (χ0) is 15.2. The van der Waals surface area contributed by atoms with Crippen LogP contribution in [0.5, 0.6) is 0 Å². The molecule has 0 radical (unpaired) electrons. The van der Waals surface area contributed by atoms with Crippen molar-refractivity contribution in [2.75, 3.05) is 12.3 Å². The van der Waals surface area contributed by atoms with Crippen LogP contribution in [0.15, 0.2) is 11.5 Å². The fourth-order valence-corrected chi connectivity index (χ4v) is 3.86. The van der Waals surface area contributed by atoms with Gasteiger partial charge in [0.25, 0.3) is 0 Å². The lowest BCUT2D eigenvalue weighted by molar-refractivity contribution is -0.131. The van der Waals surface area contributed by atoms with Crippen LogP contribution >= 0.6 is 11.8 Å². The normalized spacial score (nSPS) is 16.4. The van der Waals surface area contributed by atoms with Crippen molar-refractivity contribution in [3.63, 3.8) is 0 Å². The van der Waals surface area contributed by atoms with Crippen molar-refractivity contribution in [3.05, 3.63) is 6.33 Å². The molecule has 1 fully saturated rings. The van der Waals surface area contributed by atoms with Crippen LogP contribution < -0.4 is 0 Å².